The molecular formula is C44H42Cl2N6O4. The number of nitrogens with zero attached hydrogens (tertiary/aromatic N) is 6. The smallest absolute Gasteiger partial charge is 0.335 e. The van der Waals surface area contributed by atoms with Crippen LogP contribution in [0.3, 0.4) is 0 Å². The van der Waals surface area contributed by atoms with E-state index in [4.69, 9.17) is 33.0 Å². The van der Waals surface area contributed by atoms with E-state index in [1.54, 1.807) is 24.4 Å². The number of hydrogen-bond donors (Lipinski definition) is 1. The predicted octanol–water partition coefficient (Wildman–Crippen LogP) is 9.91. The van der Waals surface area contributed by atoms with Gasteiger partial charge in [0.05, 0.1) is 51.8 Å². The van der Waals surface area contributed by atoms with Crippen molar-refractivity contribution in [2.75, 3.05) is 18.1 Å². The number of rotatable bonds is 10. The lowest BCUT2D eigenvalue weighted by Gasteiger charge is -2.34. The second kappa shape index (κ2) is 14.5. The summed E-state index contributed by atoms with van der Waals surface area (Å²) >= 11 is 13.6. The normalized spacial score (nSPS) is 14.2. The van der Waals surface area contributed by atoms with Crippen molar-refractivity contribution >= 4 is 62.6 Å². The van der Waals surface area contributed by atoms with Crippen molar-refractivity contribution in [3.8, 4) is 16.9 Å². The number of aromatic carboxylic acids is 1. The summed E-state index contributed by atoms with van der Waals surface area (Å²) in [4.78, 5) is 33.7. The maximum absolute atomic E-state index is 15.3. The van der Waals surface area contributed by atoms with Crippen LogP contribution >= 0.6 is 23.2 Å². The molecule has 0 saturated heterocycles. The molecule has 1 aliphatic heterocycles. The Morgan fingerprint density at radius 2 is 1.73 bits per heavy atom. The molecule has 4 aromatic heterocycles. The van der Waals surface area contributed by atoms with E-state index in [1.165, 1.54) is 0 Å². The zero-order chi connectivity index (χ0) is 39.6. The number of benzene rings is 3. The van der Waals surface area contributed by atoms with Crippen molar-refractivity contribution in [1.82, 2.24) is 23.9 Å². The second-order valence-corrected chi connectivity index (χ2v) is 15.6. The summed E-state index contributed by atoms with van der Waals surface area (Å²) in [5.74, 6) is -0.399. The molecule has 7 aromatic rings. The first-order valence-electron chi connectivity index (χ1n) is 18.7. The van der Waals surface area contributed by atoms with Crippen molar-refractivity contribution in [3.63, 3.8) is 0 Å². The Morgan fingerprint density at radius 1 is 0.982 bits per heavy atom. The third-order valence-corrected chi connectivity index (χ3v) is 11.9. The number of carbonyl (C=O) groups is 2. The number of carbonyl (C=O) groups excluding carboxylic acids is 1. The monoisotopic (exact) mass is 788 g/mol. The van der Waals surface area contributed by atoms with E-state index in [-0.39, 0.29) is 17.5 Å². The lowest BCUT2D eigenvalue weighted by atomic mass is 9.98. The van der Waals surface area contributed by atoms with Gasteiger partial charge in [0, 0.05) is 64.6 Å². The highest BCUT2D eigenvalue weighted by Gasteiger charge is 2.38. The molecule has 1 aliphatic rings. The van der Waals surface area contributed by atoms with E-state index in [9.17, 15) is 9.90 Å². The maximum atomic E-state index is 15.3. The van der Waals surface area contributed by atoms with Gasteiger partial charge in [-0.15, -0.1) is 0 Å². The van der Waals surface area contributed by atoms with Gasteiger partial charge in [0.25, 0.3) is 5.91 Å². The van der Waals surface area contributed by atoms with Crippen LogP contribution in [0.5, 0.6) is 5.75 Å². The Kier molecular flexibility index (Phi) is 9.66. The Balaban J connectivity index is 1.27. The number of carboxylic acids is 1. The number of hydrogen-bond acceptors (Lipinski definition) is 5. The zero-order valence-corrected chi connectivity index (χ0v) is 33.7. The molecule has 56 heavy (non-hydrogen) atoms. The lowest BCUT2D eigenvalue weighted by Crippen LogP contribution is -2.42. The number of ether oxygens (including phenoxy) is 1. The minimum absolute atomic E-state index is 0.139. The molecule has 8 rings (SSSR count). The van der Waals surface area contributed by atoms with Crippen molar-refractivity contribution in [2.24, 2.45) is 7.05 Å². The Morgan fingerprint density at radius 3 is 2.41 bits per heavy atom. The third kappa shape index (κ3) is 6.30. The molecule has 10 nitrogen and oxygen atoms in total. The van der Waals surface area contributed by atoms with Crippen LogP contribution in [0, 0.1) is 27.7 Å². The molecule has 0 bridgehead atoms. The number of aryl methyl sites for hydroxylation is 5. The zero-order valence-electron chi connectivity index (χ0n) is 32.2. The molecule has 0 spiro atoms. The summed E-state index contributed by atoms with van der Waals surface area (Å²) in [6.07, 6.45) is 4.91. The van der Waals surface area contributed by atoms with E-state index >= 15 is 4.79 Å². The van der Waals surface area contributed by atoms with Crippen LogP contribution in [-0.4, -0.2) is 54.0 Å². The number of carboxylic acid groups (broad SMARTS) is 1. The van der Waals surface area contributed by atoms with Gasteiger partial charge in [-0.3, -0.25) is 14.5 Å². The van der Waals surface area contributed by atoms with E-state index in [0.717, 1.165) is 72.0 Å². The highest BCUT2D eigenvalue weighted by Crippen LogP contribution is 2.46. The van der Waals surface area contributed by atoms with Crippen LogP contribution in [0.15, 0.2) is 73.1 Å². The van der Waals surface area contributed by atoms with Crippen molar-refractivity contribution < 1.29 is 19.4 Å². The predicted molar refractivity (Wildman–Crippen MR) is 222 cm³/mol. The fraction of sp³-hybridized carbons (Fsp3) is 0.273. The van der Waals surface area contributed by atoms with Crippen LogP contribution in [0.2, 0.25) is 10.0 Å². The first-order chi connectivity index (χ1) is 26.8. The van der Waals surface area contributed by atoms with Gasteiger partial charge in [0.2, 0.25) is 0 Å². The van der Waals surface area contributed by atoms with Gasteiger partial charge >= 0.3 is 5.97 Å². The molecular weight excluding hydrogens is 747 g/mol. The molecule has 0 saturated carbocycles. The summed E-state index contributed by atoms with van der Waals surface area (Å²) in [6.45, 7) is 11.3. The molecule has 12 heteroatoms. The number of pyridine rings is 1. The minimum Gasteiger partial charge on any atom is -0.494 e. The fourth-order valence-electron chi connectivity index (χ4n) is 8.35. The van der Waals surface area contributed by atoms with E-state index in [0.29, 0.717) is 54.5 Å². The van der Waals surface area contributed by atoms with Crippen molar-refractivity contribution in [3.05, 3.63) is 128 Å². The van der Waals surface area contributed by atoms with Gasteiger partial charge in [-0.2, -0.15) is 5.10 Å². The van der Waals surface area contributed by atoms with Crippen LogP contribution in [0.25, 0.3) is 32.9 Å². The highest BCUT2D eigenvalue weighted by atomic mass is 35.5. The highest BCUT2D eigenvalue weighted by molar-refractivity contribution is 6.35. The van der Waals surface area contributed by atoms with Crippen molar-refractivity contribution in [1.29, 1.82) is 0 Å². The Bertz CT molecular complexity index is 2690. The number of aromatic nitrogens is 5. The first kappa shape index (κ1) is 37.3. The molecule has 3 aromatic carbocycles. The van der Waals surface area contributed by atoms with E-state index < -0.39 is 5.97 Å². The summed E-state index contributed by atoms with van der Waals surface area (Å²) < 4.78 is 12.3. The summed E-state index contributed by atoms with van der Waals surface area (Å²) in [7, 11) is 1.93. The van der Waals surface area contributed by atoms with Gasteiger partial charge in [0.1, 0.15) is 11.4 Å². The maximum Gasteiger partial charge on any atom is 0.335 e. The number of fused-ring (bicyclic) bond motifs is 4. The number of amides is 1. The molecule has 0 radical (unpaired) electrons. The van der Waals surface area contributed by atoms with Gasteiger partial charge in [0.15, 0.2) is 0 Å². The van der Waals surface area contributed by atoms with Gasteiger partial charge in [-0.1, -0.05) is 35.3 Å². The third-order valence-electron chi connectivity index (χ3n) is 11.0. The number of halogens is 2. The standard InChI is InChI=1S/C44H42Cl2N6O4/c1-24-18-31(19-25(2)40(24)46)56-17-9-11-32-33-14-15-35(45)39(38-27(4)48-49(6)28(38)5)41(33)52-26(3)21-51(43(53)42(32)52)37-23-50(22-30-10-7-8-16-47-30)36-20-29(44(54)55)12-13-34(36)37/h7-8,10,12-16,18-20,23,26H,9,11,17,21-22H2,1-6H3,(H,54,55)/t26-/m1/s1. The van der Waals surface area contributed by atoms with Crippen LogP contribution < -0.4 is 9.64 Å². The van der Waals surface area contributed by atoms with Gasteiger partial charge in [-0.05, 0) is 113 Å². The average Bonchev–Trinajstić information content (AvgIpc) is 3.78. The SMILES string of the molecule is Cc1cc(OCCCc2c3n(c4c(-c5c(C)nn(C)c5C)c(Cl)ccc24)[C@H](C)CN(c2cn(Cc4ccccn4)c4cc(C(=O)O)ccc24)C3=O)cc(C)c1Cl. The Labute approximate surface area is 334 Å². The largest absolute Gasteiger partial charge is 0.494 e. The minimum atomic E-state index is -1.02. The number of anilines is 1. The van der Waals surface area contributed by atoms with Crippen LogP contribution in [-0.2, 0) is 20.0 Å². The average molecular weight is 790 g/mol. The summed E-state index contributed by atoms with van der Waals surface area (Å²) in [5.41, 5.74) is 10.4. The topological polar surface area (TPSA) is 107 Å². The second-order valence-electron chi connectivity index (χ2n) is 14.8. The Hall–Kier alpha value is -5.58. The first-order valence-corrected chi connectivity index (χ1v) is 19.4. The van der Waals surface area contributed by atoms with Gasteiger partial charge in [-0.25, -0.2) is 4.79 Å². The molecule has 0 aliphatic carbocycles. The molecule has 1 amide bonds. The quantitative estimate of drug-likeness (QED) is 0.138. The fourth-order valence-corrected chi connectivity index (χ4v) is 8.71. The lowest BCUT2D eigenvalue weighted by molar-refractivity contribution is 0.0696. The molecule has 1 N–H and O–H groups in total. The van der Waals surface area contributed by atoms with Crippen LogP contribution in [0.1, 0.15) is 74.0 Å². The van der Waals surface area contributed by atoms with Crippen LogP contribution in [0.4, 0.5) is 5.69 Å². The van der Waals surface area contributed by atoms with Gasteiger partial charge < -0.3 is 23.9 Å². The molecule has 0 fully saturated rings. The van der Waals surface area contributed by atoms with E-state index in [1.807, 2.05) is 97.6 Å². The molecule has 286 valence electrons. The summed E-state index contributed by atoms with van der Waals surface area (Å²) in [6, 6.07) is 18.5. The molecule has 0 unspecified atom stereocenters. The molecule has 5 heterocycles. The summed E-state index contributed by atoms with van der Waals surface area (Å²) in [5, 5.41) is 17.7. The van der Waals surface area contributed by atoms with E-state index in [2.05, 4.69) is 16.5 Å². The molecule has 1 atom stereocenters. The van der Waals surface area contributed by atoms with Crippen molar-refractivity contribution in [2.45, 2.75) is 60.0 Å².